The van der Waals surface area contributed by atoms with Gasteiger partial charge in [0.05, 0.1) is 11.4 Å². The molecule has 0 aliphatic heterocycles. The highest BCUT2D eigenvalue weighted by Gasteiger charge is 2.05. The zero-order valence-corrected chi connectivity index (χ0v) is 8.93. The van der Waals surface area contributed by atoms with Crippen LogP contribution in [0.4, 0.5) is 0 Å². The molecule has 5 heteroatoms. The van der Waals surface area contributed by atoms with Crippen LogP contribution in [-0.2, 0) is 21.5 Å². The number of carbonyl (C=O) groups excluding carboxylic acids is 1. The quantitative estimate of drug-likeness (QED) is 0.802. The Hall–Kier alpha value is -1.23. The van der Waals surface area contributed by atoms with Crippen molar-refractivity contribution in [1.29, 1.82) is 0 Å². The van der Waals surface area contributed by atoms with E-state index in [0.717, 1.165) is 11.3 Å². The number of rotatable bonds is 3. The van der Waals surface area contributed by atoms with Gasteiger partial charge in [0.1, 0.15) is 11.0 Å². The van der Waals surface area contributed by atoms with Crippen molar-refractivity contribution in [2.75, 3.05) is 0 Å². The molecular weight excluding hydrogens is 200 g/mol. The maximum Gasteiger partial charge on any atom is 0.228 e. The highest BCUT2D eigenvalue weighted by atomic mass is 32.2. The Morgan fingerprint density at radius 1 is 1.64 bits per heavy atom. The second kappa shape index (κ2) is 4.85. The van der Waals surface area contributed by atoms with E-state index < -0.39 is 11.0 Å². The molecule has 0 spiro atoms. The summed E-state index contributed by atoms with van der Waals surface area (Å²) in [6.07, 6.45) is 1.65. The normalized spacial score (nSPS) is 12.1. The second-order valence-corrected chi connectivity index (χ2v) is 4.10. The molecule has 14 heavy (non-hydrogen) atoms. The number of nitrogens with zero attached hydrogens (tertiary/aromatic N) is 1. The van der Waals surface area contributed by atoms with Gasteiger partial charge in [-0.15, -0.1) is 0 Å². The number of amides is 1. The molecule has 1 aromatic rings. The lowest BCUT2D eigenvalue weighted by Crippen LogP contribution is -2.24. The zero-order valence-electron chi connectivity index (χ0n) is 8.11. The summed E-state index contributed by atoms with van der Waals surface area (Å²) in [7, 11) is -1.37. The summed E-state index contributed by atoms with van der Waals surface area (Å²) in [6.45, 7) is 3.23. The van der Waals surface area contributed by atoms with Gasteiger partial charge in [-0.05, 0) is 18.6 Å². The van der Waals surface area contributed by atoms with Crippen molar-refractivity contribution >= 4 is 16.9 Å². The third kappa shape index (κ3) is 3.26. The fourth-order valence-electron chi connectivity index (χ4n) is 0.990. The monoisotopic (exact) mass is 212 g/mol. The molecule has 0 aliphatic carbocycles. The standard InChI is InChI=1S/C9H12N2O2S/c1-7-4-3-5-10-9(7)6-14(13)11-8(2)12/h3-5H,6H2,1-2H3,(H,11,12). The van der Waals surface area contributed by atoms with Gasteiger partial charge in [-0.1, -0.05) is 6.07 Å². The molecule has 1 rings (SSSR count). The number of aromatic nitrogens is 1. The van der Waals surface area contributed by atoms with Crippen molar-refractivity contribution in [1.82, 2.24) is 9.71 Å². The van der Waals surface area contributed by atoms with E-state index in [-0.39, 0.29) is 11.7 Å². The molecule has 1 amide bonds. The van der Waals surface area contributed by atoms with E-state index in [9.17, 15) is 9.00 Å². The highest BCUT2D eigenvalue weighted by Crippen LogP contribution is 2.04. The summed E-state index contributed by atoms with van der Waals surface area (Å²) in [4.78, 5) is 14.7. The lowest BCUT2D eigenvalue weighted by molar-refractivity contribution is -0.117. The third-order valence-corrected chi connectivity index (χ3v) is 2.69. The first-order chi connectivity index (χ1) is 6.59. The first kappa shape index (κ1) is 10.8. The summed E-state index contributed by atoms with van der Waals surface area (Å²) in [5, 5.41) is 0. The second-order valence-electron chi connectivity index (χ2n) is 2.92. The Labute approximate surface area is 85.3 Å². The predicted molar refractivity (Wildman–Crippen MR) is 54.6 cm³/mol. The number of hydrogen-bond acceptors (Lipinski definition) is 3. The predicted octanol–water partition coefficient (Wildman–Crippen LogP) is 0.690. The number of aryl methyl sites for hydroxylation is 1. The van der Waals surface area contributed by atoms with Gasteiger partial charge < -0.3 is 0 Å². The number of nitrogens with one attached hydrogen (secondary N) is 1. The molecule has 0 fully saturated rings. The maximum atomic E-state index is 11.3. The average Bonchev–Trinajstić information content (AvgIpc) is 2.07. The summed E-state index contributed by atoms with van der Waals surface area (Å²) < 4.78 is 13.6. The molecular formula is C9H12N2O2S. The van der Waals surface area contributed by atoms with Crippen LogP contribution >= 0.6 is 0 Å². The molecule has 4 nitrogen and oxygen atoms in total. The fourth-order valence-corrected chi connectivity index (χ4v) is 1.93. The summed E-state index contributed by atoms with van der Waals surface area (Å²) in [6, 6.07) is 3.72. The van der Waals surface area contributed by atoms with E-state index in [1.165, 1.54) is 6.92 Å². The third-order valence-electron chi connectivity index (χ3n) is 1.64. The van der Waals surface area contributed by atoms with Crippen LogP contribution in [0.3, 0.4) is 0 Å². The average molecular weight is 212 g/mol. The number of hydrogen-bond donors (Lipinski definition) is 1. The molecule has 0 bridgehead atoms. The van der Waals surface area contributed by atoms with Crippen LogP contribution in [-0.4, -0.2) is 15.1 Å². The highest BCUT2D eigenvalue weighted by molar-refractivity contribution is 7.82. The van der Waals surface area contributed by atoms with Crippen LogP contribution in [0, 0.1) is 6.92 Å². The number of carbonyl (C=O) groups is 1. The van der Waals surface area contributed by atoms with Gasteiger partial charge in [0.2, 0.25) is 5.91 Å². The minimum absolute atomic E-state index is 0.256. The molecule has 1 unspecified atom stereocenters. The fraction of sp³-hybridized carbons (Fsp3) is 0.333. The molecule has 0 saturated carbocycles. The summed E-state index contributed by atoms with van der Waals surface area (Å²) >= 11 is 0. The van der Waals surface area contributed by atoms with E-state index in [1.54, 1.807) is 6.20 Å². The molecule has 0 radical (unpaired) electrons. The van der Waals surface area contributed by atoms with Crippen LogP contribution in [0.5, 0.6) is 0 Å². The smallest absolute Gasteiger partial charge is 0.228 e. The lowest BCUT2D eigenvalue weighted by Gasteiger charge is -2.04. The largest absolute Gasteiger partial charge is 0.275 e. The van der Waals surface area contributed by atoms with Crippen LogP contribution in [0.2, 0.25) is 0 Å². The first-order valence-corrected chi connectivity index (χ1v) is 5.47. The Morgan fingerprint density at radius 2 is 2.36 bits per heavy atom. The SMILES string of the molecule is CC(=O)NS(=O)Cc1ncccc1C. The Balaban J connectivity index is 2.65. The van der Waals surface area contributed by atoms with Crippen molar-refractivity contribution in [3.8, 4) is 0 Å². The minimum atomic E-state index is -1.37. The minimum Gasteiger partial charge on any atom is -0.275 e. The Bertz CT molecular complexity index is 366. The van der Waals surface area contributed by atoms with Crippen molar-refractivity contribution < 1.29 is 9.00 Å². The first-order valence-electron chi connectivity index (χ1n) is 4.15. The number of pyridine rings is 1. The van der Waals surface area contributed by atoms with Crippen LogP contribution < -0.4 is 4.72 Å². The molecule has 76 valence electrons. The molecule has 1 N–H and O–H groups in total. The van der Waals surface area contributed by atoms with E-state index in [2.05, 4.69) is 9.71 Å². The Kier molecular flexibility index (Phi) is 3.76. The van der Waals surface area contributed by atoms with Crippen molar-refractivity contribution in [2.45, 2.75) is 19.6 Å². The van der Waals surface area contributed by atoms with E-state index in [0.29, 0.717) is 0 Å². The van der Waals surface area contributed by atoms with Gasteiger partial charge in [-0.2, -0.15) is 0 Å². The van der Waals surface area contributed by atoms with Gasteiger partial charge >= 0.3 is 0 Å². The maximum absolute atomic E-state index is 11.3. The van der Waals surface area contributed by atoms with Crippen molar-refractivity contribution in [2.24, 2.45) is 0 Å². The van der Waals surface area contributed by atoms with Gasteiger partial charge in [0.15, 0.2) is 0 Å². The molecule has 1 aromatic heterocycles. The van der Waals surface area contributed by atoms with Crippen LogP contribution in [0.1, 0.15) is 18.2 Å². The van der Waals surface area contributed by atoms with E-state index in [1.807, 2.05) is 19.1 Å². The molecule has 1 heterocycles. The van der Waals surface area contributed by atoms with Crippen molar-refractivity contribution in [3.05, 3.63) is 29.6 Å². The van der Waals surface area contributed by atoms with E-state index >= 15 is 0 Å². The summed E-state index contributed by atoms with van der Waals surface area (Å²) in [5.41, 5.74) is 1.73. The van der Waals surface area contributed by atoms with E-state index in [4.69, 9.17) is 0 Å². The van der Waals surface area contributed by atoms with Crippen LogP contribution in [0.25, 0.3) is 0 Å². The Morgan fingerprint density at radius 3 is 2.93 bits per heavy atom. The van der Waals surface area contributed by atoms with Gasteiger partial charge in [0.25, 0.3) is 0 Å². The molecule has 0 saturated heterocycles. The molecule has 1 atom stereocenters. The van der Waals surface area contributed by atoms with Crippen molar-refractivity contribution in [3.63, 3.8) is 0 Å². The summed E-state index contributed by atoms with van der Waals surface area (Å²) in [5.74, 6) is -0.0383. The topological polar surface area (TPSA) is 59.1 Å². The zero-order chi connectivity index (χ0) is 10.6. The van der Waals surface area contributed by atoms with Gasteiger partial charge in [0, 0.05) is 13.1 Å². The van der Waals surface area contributed by atoms with Crippen LogP contribution in [0.15, 0.2) is 18.3 Å². The lowest BCUT2D eigenvalue weighted by atomic mass is 10.2. The molecule has 0 aromatic carbocycles. The van der Waals surface area contributed by atoms with Gasteiger partial charge in [-0.3, -0.25) is 14.5 Å². The van der Waals surface area contributed by atoms with Gasteiger partial charge in [-0.25, -0.2) is 4.21 Å². The molecule has 0 aliphatic rings.